The van der Waals surface area contributed by atoms with Crippen molar-refractivity contribution in [3.8, 4) is 135 Å². The van der Waals surface area contributed by atoms with E-state index in [4.69, 9.17) is 34.4 Å². The van der Waals surface area contributed by atoms with Crippen molar-refractivity contribution >= 4 is 54.0 Å². The van der Waals surface area contributed by atoms with Crippen molar-refractivity contribution < 1.29 is 9.47 Å². The molecule has 114 heavy (non-hydrogen) atoms. The monoisotopic (exact) mass is 1450 g/mol. The second kappa shape index (κ2) is 24.7. The molecule has 1 unspecified atom stereocenters. The Morgan fingerprint density at radius 3 is 1.01 bits per heavy atom. The third-order valence-corrected chi connectivity index (χ3v) is 24.5. The van der Waals surface area contributed by atoms with Crippen LogP contribution in [0.25, 0.3) is 166 Å². The predicted octanol–water partition coefficient (Wildman–Crippen LogP) is 26.7. The van der Waals surface area contributed by atoms with Gasteiger partial charge < -0.3 is 9.47 Å². The normalized spacial score (nSPS) is 14.2. The Hall–Kier alpha value is -15.1. The molecule has 24 rings (SSSR count). The van der Waals surface area contributed by atoms with Gasteiger partial charge in [0.2, 0.25) is 0 Å². The summed E-state index contributed by atoms with van der Waals surface area (Å²) >= 11 is 0. The first-order chi connectivity index (χ1) is 56.5. The zero-order chi connectivity index (χ0) is 74.7. The molecular formula is C107H63N5O2. The van der Waals surface area contributed by atoms with Gasteiger partial charge in [0.05, 0.1) is 22.0 Å². The first-order valence-electron chi connectivity index (χ1n) is 38.9. The van der Waals surface area contributed by atoms with E-state index >= 15 is 0 Å². The van der Waals surface area contributed by atoms with Crippen molar-refractivity contribution in [2.75, 3.05) is 0 Å². The van der Waals surface area contributed by atoms with Crippen molar-refractivity contribution in [2.45, 2.75) is 10.8 Å². The lowest BCUT2D eigenvalue weighted by Gasteiger charge is -2.40. The van der Waals surface area contributed by atoms with E-state index in [0.29, 0.717) is 23.3 Å². The van der Waals surface area contributed by atoms with Crippen LogP contribution in [-0.2, 0) is 10.8 Å². The molecule has 7 heteroatoms. The van der Waals surface area contributed by atoms with Crippen molar-refractivity contribution in [1.29, 1.82) is 0 Å². The first kappa shape index (κ1) is 63.8. The first-order valence-corrected chi connectivity index (χ1v) is 38.9. The Morgan fingerprint density at radius 1 is 0.175 bits per heavy atom. The number of benzene rings is 18. The molecule has 18 aromatic carbocycles. The quantitative estimate of drug-likeness (QED) is 0.150. The van der Waals surface area contributed by atoms with E-state index in [9.17, 15) is 0 Å². The maximum atomic E-state index is 7.67. The van der Waals surface area contributed by atoms with E-state index in [-0.39, 0.29) is 0 Å². The largest absolute Gasteiger partial charge is 0.455 e. The van der Waals surface area contributed by atoms with Gasteiger partial charge in [0.15, 0.2) is 23.3 Å². The summed E-state index contributed by atoms with van der Waals surface area (Å²) in [6.45, 7) is 0. The van der Waals surface area contributed by atoms with Gasteiger partial charge in [-0.05, 0) is 130 Å². The molecule has 528 valence electrons. The molecule has 2 aliphatic carbocycles. The Labute approximate surface area is 657 Å². The van der Waals surface area contributed by atoms with Gasteiger partial charge in [-0.15, -0.1) is 0 Å². The van der Waals surface area contributed by atoms with Crippen LogP contribution in [0.1, 0.15) is 44.5 Å². The molecule has 0 N–H and O–H groups in total. The van der Waals surface area contributed by atoms with E-state index in [1.165, 1.54) is 38.9 Å². The minimum atomic E-state index is -0.757. The summed E-state index contributed by atoms with van der Waals surface area (Å²) in [5, 5.41) is 9.65. The lowest BCUT2D eigenvalue weighted by atomic mass is 9.65. The Balaban J connectivity index is 0.654. The fourth-order valence-corrected chi connectivity index (χ4v) is 19.2. The molecule has 0 fully saturated rings. The van der Waals surface area contributed by atoms with Crippen LogP contribution in [0.2, 0.25) is 0 Å². The summed E-state index contributed by atoms with van der Waals surface area (Å²) < 4.78 is 15.0. The minimum absolute atomic E-state index is 0.616. The number of fused-ring (bicyclic) bond motifs is 27. The molecule has 4 aliphatic rings. The highest BCUT2D eigenvalue weighted by Crippen LogP contribution is 2.67. The van der Waals surface area contributed by atoms with Crippen molar-refractivity contribution in [1.82, 2.24) is 24.9 Å². The molecule has 0 saturated carbocycles. The number of hydrogen-bond donors (Lipinski definition) is 0. The smallest absolute Gasteiger partial charge is 0.164 e. The molecule has 7 nitrogen and oxygen atoms in total. The number of nitrogens with zero attached hydrogens (tertiary/aromatic N) is 5. The maximum absolute atomic E-state index is 7.67. The molecule has 0 saturated heterocycles. The fraction of sp³-hybridized carbons (Fsp3) is 0.0187. The van der Waals surface area contributed by atoms with Gasteiger partial charge in [-0.1, -0.05) is 352 Å². The van der Waals surface area contributed by atoms with Gasteiger partial charge in [0, 0.05) is 77.0 Å². The van der Waals surface area contributed by atoms with Gasteiger partial charge >= 0.3 is 0 Å². The molecule has 20 aromatic rings. The van der Waals surface area contributed by atoms with Gasteiger partial charge in [0.25, 0.3) is 0 Å². The zero-order valence-corrected chi connectivity index (χ0v) is 61.4. The van der Waals surface area contributed by atoms with E-state index in [0.717, 1.165) is 172 Å². The van der Waals surface area contributed by atoms with Gasteiger partial charge in [-0.3, -0.25) is 0 Å². The molecule has 1 atom stereocenters. The molecule has 4 heterocycles. The summed E-state index contributed by atoms with van der Waals surface area (Å²) in [6.07, 6.45) is 0. The van der Waals surface area contributed by atoms with Crippen LogP contribution in [0.5, 0.6) is 23.0 Å². The summed E-state index contributed by atoms with van der Waals surface area (Å²) in [7, 11) is 0. The summed E-state index contributed by atoms with van der Waals surface area (Å²) in [5.74, 6) is 5.98. The SMILES string of the molecule is c1ccc(-c2ccc(-c3nc(-c4ccc5c(c4)-c4ccccc4C54c5ccc6ccccc6c5Oc5c4ccc4ccccc54)nc4cc(-c5ccc6ccc7c(c6c5)Oc5c(ccc6ccccc56)C75c6ccccc6-c6cc(-c7ccc(-c8nc(-c9ccccc9)nc(-c9ccccc9)n8)cc7)ccc65)ccc34)cc2)cc1. The summed E-state index contributed by atoms with van der Waals surface area (Å²) in [4.78, 5) is 26.5. The van der Waals surface area contributed by atoms with Crippen LogP contribution in [-0.4, -0.2) is 24.9 Å². The lowest BCUT2D eigenvalue weighted by molar-refractivity contribution is 0.447. The highest BCUT2D eigenvalue weighted by molar-refractivity contribution is 6.05. The molecule has 0 amide bonds. The van der Waals surface area contributed by atoms with E-state index in [1.54, 1.807) is 0 Å². The molecular weight excluding hydrogens is 1390 g/mol. The van der Waals surface area contributed by atoms with Crippen LogP contribution >= 0.6 is 0 Å². The standard InChI is InChI=1S/C107H63N5O2/c1-4-20-64(21-5-1)65-36-41-71(42-37-65)97-84-53-46-77(63-96(84)108-105(109-97)78-52-55-91-87(62-78)83-33-17-19-35-89(83)106(91)92-56-47-67-22-10-13-29-79(67)98(92)113-99-80-30-14-11-23-68(80)48-57-93(99)106)76-45-40-70-50-59-95-101(85(70)60-76)114-100-81-31-15-12-24-69(81)49-58-94(100)107(95)88-34-18-16-32-82(88)86-61-75(51-54-90(86)107)66-38-43-74(44-39-66)104-111-102(72-25-6-2-7-26-72)110-103(112-104)73-27-8-3-9-28-73/h1-63H. The topological polar surface area (TPSA) is 82.9 Å². The third-order valence-electron chi connectivity index (χ3n) is 24.5. The van der Waals surface area contributed by atoms with Crippen molar-refractivity contribution in [3.05, 3.63) is 427 Å². The predicted molar refractivity (Wildman–Crippen MR) is 461 cm³/mol. The van der Waals surface area contributed by atoms with Gasteiger partial charge in [-0.2, -0.15) is 0 Å². The second-order valence-corrected chi connectivity index (χ2v) is 30.4. The van der Waals surface area contributed by atoms with E-state index in [2.05, 4.69) is 322 Å². The molecule has 2 aliphatic heterocycles. The number of aromatic nitrogens is 5. The fourth-order valence-electron chi connectivity index (χ4n) is 19.2. The Bertz CT molecular complexity index is 7330. The lowest BCUT2D eigenvalue weighted by Crippen LogP contribution is -2.32. The van der Waals surface area contributed by atoms with Crippen molar-refractivity contribution in [3.63, 3.8) is 0 Å². The van der Waals surface area contributed by atoms with E-state index in [1.807, 2.05) is 60.7 Å². The van der Waals surface area contributed by atoms with Crippen LogP contribution < -0.4 is 9.47 Å². The van der Waals surface area contributed by atoms with Crippen LogP contribution in [0, 0.1) is 0 Å². The number of hydrogen-bond acceptors (Lipinski definition) is 7. The van der Waals surface area contributed by atoms with Crippen molar-refractivity contribution in [2.24, 2.45) is 0 Å². The third kappa shape index (κ3) is 9.41. The minimum Gasteiger partial charge on any atom is -0.455 e. The van der Waals surface area contributed by atoms with E-state index < -0.39 is 10.8 Å². The molecule has 0 radical (unpaired) electrons. The average molecular weight is 1450 g/mol. The highest BCUT2D eigenvalue weighted by Gasteiger charge is 2.54. The Kier molecular flexibility index (Phi) is 13.8. The molecule has 2 spiro atoms. The molecule has 0 bridgehead atoms. The maximum Gasteiger partial charge on any atom is 0.164 e. The summed E-state index contributed by atoms with van der Waals surface area (Å²) in [5.41, 5.74) is 25.4. The van der Waals surface area contributed by atoms with Crippen LogP contribution in [0.15, 0.2) is 382 Å². The number of rotatable bonds is 8. The van der Waals surface area contributed by atoms with Gasteiger partial charge in [-0.25, -0.2) is 24.9 Å². The Morgan fingerprint density at radius 2 is 0.491 bits per heavy atom. The van der Waals surface area contributed by atoms with Crippen LogP contribution in [0.3, 0.4) is 0 Å². The average Bonchev–Trinajstić information content (AvgIpc) is 1.47. The second-order valence-electron chi connectivity index (χ2n) is 30.4. The zero-order valence-electron chi connectivity index (χ0n) is 61.4. The summed E-state index contributed by atoms with van der Waals surface area (Å²) in [6, 6.07) is 138. The highest BCUT2D eigenvalue weighted by atomic mass is 16.5. The van der Waals surface area contributed by atoms with Gasteiger partial charge in [0.1, 0.15) is 23.0 Å². The molecule has 2 aromatic heterocycles. The van der Waals surface area contributed by atoms with Crippen LogP contribution in [0.4, 0.5) is 0 Å². The number of ether oxygens (including phenoxy) is 2.